The first-order valence-electron chi connectivity index (χ1n) is 5.00. The van der Waals surface area contributed by atoms with Crippen LogP contribution in [0.25, 0.3) is 0 Å². The normalized spacial score (nSPS) is 29.1. The van der Waals surface area contributed by atoms with Crippen LogP contribution in [0.2, 0.25) is 0 Å². The Morgan fingerprint density at radius 3 is 2.25 bits per heavy atom. The third kappa shape index (κ3) is 2.17. The molecule has 1 aliphatic carbocycles. The van der Waals surface area contributed by atoms with Gasteiger partial charge >= 0.3 is 0 Å². The van der Waals surface area contributed by atoms with Crippen molar-refractivity contribution < 1.29 is 13.5 Å². The van der Waals surface area contributed by atoms with Gasteiger partial charge in [0.15, 0.2) is 9.84 Å². The molecule has 5 heteroatoms. The largest absolute Gasteiger partial charge is 0.396 e. The summed E-state index contributed by atoms with van der Waals surface area (Å²) in [5.74, 6) is -0.190. The quantitative estimate of drug-likeness (QED) is 0.922. The SMILES string of the molecule is CS(=O)(=O)C1C(CO)C1c1ccc(Br)cc1. The molecule has 3 atom stereocenters. The van der Waals surface area contributed by atoms with E-state index in [1.807, 2.05) is 24.3 Å². The van der Waals surface area contributed by atoms with E-state index < -0.39 is 15.1 Å². The lowest BCUT2D eigenvalue weighted by Gasteiger charge is -1.99. The summed E-state index contributed by atoms with van der Waals surface area (Å²) in [4.78, 5) is 0. The Labute approximate surface area is 104 Å². The molecule has 1 fully saturated rings. The third-order valence-corrected chi connectivity index (χ3v) is 5.22. The maximum absolute atomic E-state index is 11.5. The molecule has 16 heavy (non-hydrogen) atoms. The summed E-state index contributed by atoms with van der Waals surface area (Å²) < 4.78 is 24.0. The van der Waals surface area contributed by atoms with Crippen molar-refractivity contribution in [3.05, 3.63) is 34.3 Å². The maximum atomic E-state index is 11.5. The summed E-state index contributed by atoms with van der Waals surface area (Å²) in [6, 6.07) is 7.59. The Kier molecular flexibility index (Phi) is 3.11. The first kappa shape index (κ1) is 12.1. The van der Waals surface area contributed by atoms with Crippen molar-refractivity contribution in [2.45, 2.75) is 11.2 Å². The second kappa shape index (κ2) is 4.13. The molecule has 1 saturated carbocycles. The monoisotopic (exact) mass is 304 g/mol. The summed E-state index contributed by atoms with van der Waals surface area (Å²) in [5.41, 5.74) is 0.984. The molecule has 0 aromatic heterocycles. The van der Waals surface area contributed by atoms with Crippen LogP contribution in [-0.2, 0) is 9.84 Å². The molecule has 1 aromatic rings. The lowest BCUT2D eigenvalue weighted by Crippen LogP contribution is -2.08. The summed E-state index contributed by atoms with van der Waals surface area (Å²) in [6.07, 6.45) is 1.24. The van der Waals surface area contributed by atoms with E-state index in [4.69, 9.17) is 5.11 Å². The molecule has 0 aliphatic heterocycles. The predicted molar refractivity (Wildman–Crippen MR) is 66.1 cm³/mol. The second-order valence-electron chi connectivity index (χ2n) is 4.22. The number of hydrogen-bond acceptors (Lipinski definition) is 3. The first-order valence-corrected chi connectivity index (χ1v) is 7.75. The van der Waals surface area contributed by atoms with Crippen molar-refractivity contribution in [1.82, 2.24) is 0 Å². The van der Waals surface area contributed by atoms with E-state index >= 15 is 0 Å². The number of sulfone groups is 1. The summed E-state index contributed by atoms with van der Waals surface area (Å²) in [7, 11) is -3.07. The van der Waals surface area contributed by atoms with Gasteiger partial charge in [-0.3, -0.25) is 0 Å². The van der Waals surface area contributed by atoms with Crippen LogP contribution in [0.1, 0.15) is 11.5 Å². The van der Waals surface area contributed by atoms with Gasteiger partial charge in [0.05, 0.1) is 5.25 Å². The van der Waals surface area contributed by atoms with Crippen LogP contribution in [0.4, 0.5) is 0 Å². The highest BCUT2D eigenvalue weighted by Gasteiger charge is 2.56. The molecule has 0 radical (unpaired) electrons. The lowest BCUT2D eigenvalue weighted by molar-refractivity contribution is 0.274. The van der Waals surface area contributed by atoms with Crippen molar-refractivity contribution in [1.29, 1.82) is 0 Å². The Morgan fingerprint density at radius 1 is 1.31 bits per heavy atom. The van der Waals surface area contributed by atoms with E-state index in [1.54, 1.807) is 0 Å². The molecule has 1 aromatic carbocycles. The molecule has 0 saturated heterocycles. The Bertz CT molecular complexity index is 480. The molecule has 3 unspecified atom stereocenters. The topological polar surface area (TPSA) is 54.4 Å². The fraction of sp³-hybridized carbons (Fsp3) is 0.455. The summed E-state index contributed by atoms with van der Waals surface area (Å²) in [5, 5.41) is 8.73. The fourth-order valence-electron chi connectivity index (χ4n) is 2.27. The van der Waals surface area contributed by atoms with Gasteiger partial charge in [-0.05, 0) is 17.7 Å². The van der Waals surface area contributed by atoms with Gasteiger partial charge in [-0.15, -0.1) is 0 Å². The molecule has 1 aliphatic rings. The van der Waals surface area contributed by atoms with Gasteiger partial charge in [0.2, 0.25) is 0 Å². The van der Waals surface area contributed by atoms with E-state index in [1.165, 1.54) is 6.26 Å². The van der Waals surface area contributed by atoms with Crippen LogP contribution in [0.5, 0.6) is 0 Å². The minimum absolute atomic E-state index is 0.0481. The summed E-state index contributed by atoms with van der Waals surface area (Å²) in [6.45, 7) is -0.0710. The highest BCUT2D eigenvalue weighted by molar-refractivity contribution is 9.10. The number of aliphatic hydroxyl groups excluding tert-OH is 1. The molecular formula is C11H13BrO3S. The standard InChI is InChI=1S/C11H13BrO3S/c1-16(14,15)11-9(6-13)10(11)7-2-4-8(12)5-3-7/h2-5,9-11,13H,6H2,1H3. The van der Waals surface area contributed by atoms with Crippen LogP contribution in [0, 0.1) is 5.92 Å². The minimum Gasteiger partial charge on any atom is -0.396 e. The molecule has 3 nitrogen and oxygen atoms in total. The van der Waals surface area contributed by atoms with Crippen LogP contribution in [-0.4, -0.2) is 31.6 Å². The third-order valence-electron chi connectivity index (χ3n) is 3.06. The van der Waals surface area contributed by atoms with Crippen molar-refractivity contribution in [3.8, 4) is 0 Å². The molecule has 0 heterocycles. The van der Waals surface area contributed by atoms with Gasteiger partial charge in [0.1, 0.15) is 0 Å². The van der Waals surface area contributed by atoms with E-state index in [9.17, 15) is 8.42 Å². The predicted octanol–water partition coefficient (Wildman–Crippen LogP) is 1.57. The minimum atomic E-state index is -3.07. The van der Waals surface area contributed by atoms with Crippen LogP contribution in [0.3, 0.4) is 0 Å². The number of rotatable bonds is 3. The smallest absolute Gasteiger partial charge is 0.151 e. The van der Waals surface area contributed by atoms with Crippen molar-refractivity contribution in [2.24, 2.45) is 5.92 Å². The van der Waals surface area contributed by atoms with E-state index in [-0.39, 0.29) is 18.4 Å². The van der Waals surface area contributed by atoms with Gasteiger partial charge in [-0.1, -0.05) is 28.1 Å². The van der Waals surface area contributed by atoms with E-state index in [0.29, 0.717) is 0 Å². The number of aliphatic hydroxyl groups is 1. The zero-order valence-corrected chi connectivity index (χ0v) is 11.2. The maximum Gasteiger partial charge on any atom is 0.151 e. The highest BCUT2D eigenvalue weighted by atomic mass is 79.9. The van der Waals surface area contributed by atoms with Gasteiger partial charge in [0, 0.05) is 29.2 Å². The first-order chi connectivity index (χ1) is 7.45. The average molecular weight is 305 g/mol. The molecule has 88 valence electrons. The van der Waals surface area contributed by atoms with Gasteiger partial charge in [0.25, 0.3) is 0 Å². The lowest BCUT2D eigenvalue weighted by atomic mass is 10.1. The fourth-order valence-corrected chi connectivity index (χ4v) is 4.22. The van der Waals surface area contributed by atoms with Gasteiger partial charge < -0.3 is 5.11 Å². The van der Waals surface area contributed by atoms with Crippen LogP contribution < -0.4 is 0 Å². The Balaban J connectivity index is 2.27. The number of halogens is 1. The van der Waals surface area contributed by atoms with E-state index in [0.717, 1.165) is 10.0 Å². The van der Waals surface area contributed by atoms with Gasteiger partial charge in [-0.25, -0.2) is 8.42 Å². The Hall–Kier alpha value is -0.390. The molecular weight excluding hydrogens is 292 g/mol. The average Bonchev–Trinajstić information content (AvgIpc) is 2.92. The van der Waals surface area contributed by atoms with E-state index in [2.05, 4.69) is 15.9 Å². The summed E-state index contributed by atoms with van der Waals surface area (Å²) >= 11 is 3.33. The zero-order chi connectivity index (χ0) is 11.9. The molecule has 2 rings (SSSR count). The molecule has 0 amide bonds. The highest BCUT2D eigenvalue weighted by Crippen LogP contribution is 2.51. The van der Waals surface area contributed by atoms with Crippen LogP contribution >= 0.6 is 15.9 Å². The van der Waals surface area contributed by atoms with Crippen LogP contribution in [0.15, 0.2) is 28.7 Å². The van der Waals surface area contributed by atoms with Crippen molar-refractivity contribution in [2.75, 3.05) is 12.9 Å². The van der Waals surface area contributed by atoms with Gasteiger partial charge in [-0.2, -0.15) is 0 Å². The number of hydrogen-bond donors (Lipinski definition) is 1. The molecule has 0 spiro atoms. The number of benzene rings is 1. The van der Waals surface area contributed by atoms with Crippen molar-refractivity contribution >= 4 is 25.8 Å². The zero-order valence-electron chi connectivity index (χ0n) is 8.80. The van der Waals surface area contributed by atoms with Crippen molar-refractivity contribution in [3.63, 3.8) is 0 Å². The Morgan fingerprint density at radius 2 is 1.88 bits per heavy atom. The second-order valence-corrected chi connectivity index (χ2v) is 7.34. The molecule has 1 N–H and O–H groups in total. The molecule has 0 bridgehead atoms.